The first-order valence-electron chi connectivity index (χ1n) is 7.47. The highest BCUT2D eigenvalue weighted by molar-refractivity contribution is 7.91. The van der Waals surface area contributed by atoms with Crippen molar-refractivity contribution in [2.45, 2.75) is 11.8 Å². The Morgan fingerprint density at radius 3 is 2.54 bits per heavy atom. The van der Waals surface area contributed by atoms with Crippen LogP contribution < -0.4 is 4.74 Å². The van der Waals surface area contributed by atoms with Gasteiger partial charge in [0.15, 0.2) is 15.4 Å². The SMILES string of the molecule is CCS(=O)(=O)c1ccc2oc(/C=C/c3ccc(OC)cc3)nc2c1. The third-order valence-electron chi connectivity index (χ3n) is 3.65. The molecule has 0 aliphatic heterocycles. The summed E-state index contributed by atoms with van der Waals surface area (Å²) in [6.07, 6.45) is 3.61. The van der Waals surface area contributed by atoms with Gasteiger partial charge in [-0.25, -0.2) is 13.4 Å². The van der Waals surface area contributed by atoms with Gasteiger partial charge in [-0.1, -0.05) is 19.1 Å². The molecule has 3 rings (SSSR count). The van der Waals surface area contributed by atoms with Crippen molar-refractivity contribution in [2.24, 2.45) is 0 Å². The molecule has 0 saturated heterocycles. The maximum atomic E-state index is 11.9. The number of hydrogen-bond donors (Lipinski definition) is 0. The molecule has 124 valence electrons. The third kappa shape index (κ3) is 3.33. The minimum absolute atomic E-state index is 0.0561. The largest absolute Gasteiger partial charge is 0.497 e. The molecule has 0 N–H and O–H groups in total. The molecular weight excluding hydrogens is 326 g/mol. The fourth-order valence-corrected chi connectivity index (χ4v) is 3.14. The van der Waals surface area contributed by atoms with Crippen molar-refractivity contribution in [1.29, 1.82) is 0 Å². The molecular formula is C18H17NO4S. The molecule has 1 aromatic heterocycles. The van der Waals surface area contributed by atoms with E-state index in [0.717, 1.165) is 11.3 Å². The third-order valence-corrected chi connectivity index (χ3v) is 5.38. The first-order chi connectivity index (χ1) is 11.5. The first-order valence-corrected chi connectivity index (χ1v) is 9.12. The summed E-state index contributed by atoms with van der Waals surface area (Å²) >= 11 is 0. The zero-order chi connectivity index (χ0) is 17.2. The summed E-state index contributed by atoms with van der Waals surface area (Å²) in [5.74, 6) is 1.27. The molecule has 0 radical (unpaired) electrons. The summed E-state index contributed by atoms with van der Waals surface area (Å²) in [6.45, 7) is 1.62. The Hall–Kier alpha value is -2.60. The van der Waals surface area contributed by atoms with Crippen LogP contribution in [0, 0.1) is 0 Å². The van der Waals surface area contributed by atoms with Crippen LogP contribution in [0.1, 0.15) is 18.4 Å². The lowest BCUT2D eigenvalue weighted by Gasteiger charge is -1.99. The minimum Gasteiger partial charge on any atom is -0.497 e. The number of fused-ring (bicyclic) bond motifs is 1. The lowest BCUT2D eigenvalue weighted by atomic mass is 10.2. The number of hydrogen-bond acceptors (Lipinski definition) is 5. The van der Waals surface area contributed by atoms with Gasteiger partial charge >= 0.3 is 0 Å². The minimum atomic E-state index is -3.25. The van der Waals surface area contributed by atoms with Gasteiger partial charge in [0.25, 0.3) is 0 Å². The second-order valence-electron chi connectivity index (χ2n) is 5.19. The molecule has 1 heterocycles. The van der Waals surface area contributed by atoms with Gasteiger partial charge in [0, 0.05) is 6.08 Å². The smallest absolute Gasteiger partial charge is 0.220 e. The van der Waals surface area contributed by atoms with Crippen LogP contribution in [0.25, 0.3) is 23.3 Å². The van der Waals surface area contributed by atoms with E-state index in [-0.39, 0.29) is 10.6 Å². The van der Waals surface area contributed by atoms with Crippen LogP contribution >= 0.6 is 0 Å². The van der Waals surface area contributed by atoms with Crippen LogP contribution in [0.2, 0.25) is 0 Å². The number of rotatable bonds is 5. The highest BCUT2D eigenvalue weighted by Gasteiger charge is 2.13. The molecule has 6 heteroatoms. The van der Waals surface area contributed by atoms with E-state index in [2.05, 4.69) is 4.98 Å². The molecule has 0 bridgehead atoms. The van der Waals surface area contributed by atoms with E-state index in [9.17, 15) is 8.42 Å². The number of nitrogens with zero attached hydrogens (tertiary/aromatic N) is 1. The number of oxazole rings is 1. The zero-order valence-corrected chi connectivity index (χ0v) is 14.2. The molecule has 0 unspecified atom stereocenters. The van der Waals surface area contributed by atoms with Crippen LogP contribution in [0.15, 0.2) is 51.8 Å². The summed E-state index contributed by atoms with van der Waals surface area (Å²) in [5.41, 5.74) is 2.06. The van der Waals surface area contributed by atoms with Crippen molar-refractivity contribution >= 4 is 33.1 Å². The van der Waals surface area contributed by atoms with E-state index in [1.807, 2.05) is 30.3 Å². The standard InChI is InChI=1S/C18H17NO4S/c1-3-24(20,21)15-9-10-17-16(12-15)19-18(23-17)11-6-13-4-7-14(22-2)8-5-13/h4-12H,3H2,1-2H3/b11-6+. The highest BCUT2D eigenvalue weighted by atomic mass is 32.2. The van der Waals surface area contributed by atoms with E-state index in [4.69, 9.17) is 9.15 Å². The average molecular weight is 343 g/mol. The molecule has 0 spiro atoms. The van der Waals surface area contributed by atoms with Crippen molar-refractivity contribution in [3.05, 3.63) is 53.9 Å². The molecule has 0 amide bonds. The van der Waals surface area contributed by atoms with E-state index in [1.165, 1.54) is 0 Å². The fourth-order valence-electron chi connectivity index (χ4n) is 2.24. The van der Waals surface area contributed by atoms with E-state index in [1.54, 1.807) is 38.3 Å². The second kappa shape index (κ2) is 6.49. The number of sulfone groups is 1. The van der Waals surface area contributed by atoms with E-state index >= 15 is 0 Å². The Kier molecular flexibility index (Phi) is 4.40. The first kappa shape index (κ1) is 16.3. The highest BCUT2D eigenvalue weighted by Crippen LogP contribution is 2.22. The monoisotopic (exact) mass is 343 g/mol. The maximum absolute atomic E-state index is 11.9. The van der Waals surface area contributed by atoms with Gasteiger partial charge in [-0.2, -0.15) is 0 Å². The van der Waals surface area contributed by atoms with Gasteiger partial charge in [-0.05, 0) is 42.0 Å². The van der Waals surface area contributed by atoms with Gasteiger partial charge in [-0.3, -0.25) is 0 Å². The van der Waals surface area contributed by atoms with E-state index in [0.29, 0.717) is 17.0 Å². The molecule has 0 saturated carbocycles. The van der Waals surface area contributed by atoms with Crippen LogP contribution in [-0.4, -0.2) is 26.3 Å². The van der Waals surface area contributed by atoms with Crippen molar-refractivity contribution < 1.29 is 17.6 Å². The Labute approximate surface area is 140 Å². The van der Waals surface area contributed by atoms with Crippen molar-refractivity contribution in [2.75, 3.05) is 12.9 Å². The predicted molar refractivity (Wildman–Crippen MR) is 93.7 cm³/mol. The number of methoxy groups -OCH3 is 1. The Bertz CT molecular complexity index is 986. The van der Waals surface area contributed by atoms with Gasteiger partial charge in [0.1, 0.15) is 11.3 Å². The molecule has 5 nitrogen and oxygen atoms in total. The van der Waals surface area contributed by atoms with Crippen LogP contribution in [-0.2, 0) is 9.84 Å². The van der Waals surface area contributed by atoms with Gasteiger partial charge in [0.2, 0.25) is 5.89 Å². The van der Waals surface area contributed by atoms with Crippen molar-refractivity contribution in [1.82, 2.24) is 4.98 Å². The Morgan fingerprint density at radius 1 is 1.12 bits per heavy atom. The zero-order valence-electron chi connectivity index (χ0n) is 13.4. The normalized spacial score (nSPS) is 12.1. The van der Waals surface area contributed by atoms with Crippen LogP contribution in [0.3, 0.4) is 0 Å². The van der Waals surface area contributed by atoms with Crippen molar-refractivity contribution in [3.63, 3.8) is 0 Å². The van der Waals surface area contributed by atoms with Gasteiger partial charge in [0.05, 0.1) is 17.8 Å². The van der Waals surface area contributed by atoms with Crippen LogP contribution in [0.4, 0.5) is 0 Å². The number of ether oxygens (including phenoxy) is 1. The molecule has 0 aliphatic rings. The fraction of sp³-hybridized carbons (Fsp3) is 0.167. The molecule has 0 fully saturated rings. The summed E-state index contributed by atoms with van der Waals surface area (Å²) in [5, 5.41) is 0. The number of aromatic nitrogens is 1. The summed E-state index contributed by atoms with van der Waals surface area (Å²) < 4.78 is 34.6. The van der Waals surface area contributed by atoms with Gasteiger partial charge in [-0.15, -0.1) is 0 Å². The van der Waals surface area contributed by atoms with Crippen LogP contribution in [0.5, 0.6) is 5.75 Å². The summed E-state index contributed by atoms with van der Waals surface area (Å²) in [7, 11) is -1.63. The lowest BCUT2D eigenvalue weighted by Crippen LogP contribution is -2.03. The van der Waals surface area contributed by atoms with Gasteiger partial charge < -0.3 is 9.15 Å². The quantitative estimate of drug-likeness (QED) is 0.705. The number of benzene rings is 2. The second-order valence-corrected chi connectivity index (χ2v) is 7.47. The topological polar surface area (TPSA) is 69.4 Å². The Balaban J connectivity index is 1.88. The predicted octanol–water partition coefficient (Wildman–Crippen LogP) is 3.80. The Morgan fingerprint density at radius 2 is 1.88 bits per heavy atom. The molecule has 24 heavy (non-hydrogen) atoms. The molecule has 0 aliphatic carbocycles. The van der Waals surface area contributed by atoms with Crippen molar-refractivity contribution in [3.8, 4) is 5.75 Å². The summed E-state index contributed by atoms with van der Waals surface area (Å²) in [4.78, 5) is 4.59. The molecule has 2 aromatic carbocycles. The maximum Gasteiger partial charge on any atom is 0.220 e. The average Bonchev–Trinajstić information content (AvgIpc) is 3.02. The summed E-state index contributed by atoms with van der Waals surface area (Å²) in [6, 6.07) is 12.3. The molecule has 0 atom stereocenters. The lowest BCUT2D eigenvalue weighted by molar-refractivity contribution is 0.415. The molecule has 3 aromatic rings. The van der Waals surface area contributed by atoms with E-state index < -0.39 is 9.84 Å².